The van der Waals surface area contributed by atoms with E-state index in [4.69, 9.17) is 4.74 Å². The molecular formula is C21H20N8O2. The lowest BCUT2D eigenvalue weighted by atomic mass is 10.1. The predicted molar refractivity (Wildman–Crippen MR) is 115 cm³/mol. The van der Waals surface area contributed by atoms with Crippen LogP contribution in [0.3, 0.4) is 0 Å². The van der Waals surface area contributed by atoms with Gasteiger partial charge in [0.05, 0.1) is 35.8 Å². The Hall–Kier alpha value is -4.10. The molecule has 1 aliphatic rings. The van der Waals surface area contributed by atoms with Crippen LogP contribution < -0.4 is 16.0 Å². The Balaban J connectivity index is 1.51. The zero-order valence-electron chi connectivity index (χ0n) is 16.8. The van der Waals surface area contributed by atoms with E-state index in [-0.39, 0.29) is 11.9 Å². The maximum absolute atomic E-state index is 11.1. The van der Waals surface area contributed by atoms with Gasteiger partial charge in [-0.05, 0) is 30.7 Å². The number of nitrogens with zero attached hydrogens (tertiary/aromatic N) is 5. The molecule has 1 atom stereocenters. The van der Waals surface area contributed by atoms with Crippen molar-refractivity contribution in [2.24, 2.45) is 0 Å². The van der Waals surface area contributed by atoms with E-state index in [1.807, 2.05) is 0 Å². The molecule has 31 heavy (non-hydrogen) atoms. The van der Waals surface area contributed by atoms with Crippen LogP contribution in [0.5, 0.6) is 0 Å². The number of ether oxygens (including phenoxy) is 1. The molecule has 156 valence electrons. The molecule has 0 spiro atoms. The minimum atomic E-state index is -0.188. The van der Waals surface area contributed by atoms with Crippen LogP contribution in [-0.4, -0.2) is 45.1 Å². The van der Waals surface area contributed by atoms with Gasteiger partial charge in [0.25, 0.3) is 0 Å². The third-order valence-electron chi connectivity index (χ3n) is 4.55. The zero-order valence-corrected chi connectivity index (χ0v) is 16.8. The second-order valence-corrected chi connectivity index (χ2v) is 6.94. The monoisotopic (exact) mass is 416 g/mol. The van der Waals surface area contributed by atoms with Crippen molar-refractivity contribution >= 4 is 29.2 Å². The van der Waals surface area contributed by atoms with Gasteiger partial charge in [0.2, 0.25) is 11.9 Å². The quantitative estimate of drug-likeness (QED) is 0.553. The number of carbonyl (C=O) groups excluding carboxylic acids is 1. The Bertz CT molecular complexity index is 1120. The highest BCUT2D eigenvalue weighted by Gasteiger charge is 2.18. The average molecular weight is 416 g/mol. The van der Waals surface area contributed by atoms with Crippen molar-refractivity contribution in [2.75, 3.05) is 29.2 Å². The van der Waals surface area contributed by atoms with Crippen LogP contribution >= 0.6 is 0 Å². The lowest BCUT2D eigenvalue weighted by molar-refractivity contribution is -0.114. The van der Waals surface area contributed by atoms with Crippen molar-refractivity contribution in [3.8, 4) is 17.3 Å². The normalized spacial score (nSPS) is 15.2. The SMILES string of the molecule is CC(=O)Nc1ccc(Nc2nccc(-c3cnc(N[C@@H]4CCOC4)c(C#N)c3)n2)cn1. The van der Waals surface area contributed by atoms with Gasteiger partial charge in [-0.1, -0.05) is 0 Å². The van der Waals surface area contributed by atoms with Crippen LogP contribution in [0, 0.1) is 11.3 Å². The molecule has 0 unspecified atom stereocenters. The van der Waals surface area contributed by atoms with Crippen LogP contribution in [-0.2, 0) is 9.53 Å². The number of anilines is 4. The number of rotatable bonds is 6. The lowest BCUT2D eigenvalue weighted by Crippen LogP contribution is -2.20. The number of carbonyl (C=O) groups is 1. The van der Waals surface area contributed by atoms with Crippen LogP contribution in [0.4, 0.5) is 23.3 Å². The highest BCUT2D eigenvalue weighted by molar-refractivity contribution is 5.87. The van der Waals surface area contributed by atoms with E-state index in [0.717, 1.165) is 6.42 Å². The summed E-state index contributed by atoms with van der Waals surface area (Å²) in [6.07, 6.45) is 5.76. The fourth-order valence-electron chi connectivity index (χ4n) is 3.08. The first kappa shape index (κ1) is 20.2. The number of nitriles is 1. The van der Waals surface area contributed by atoms with Gasteiger partial charge < -0.3 is 20.7 Å². The van der Waals surface area contributed by atoms with E-state index in [1.165, 1.54) is 6.92 Å². The Morgan fingerprint density at radius 2 is 2.13 bits per heavy atom. The van der Waals surface area contributed by atoms with Gasteiger partial charge in [-0.2, -0.15) is 5.26 Å². The molecule has 1 amide bonds. The molecule has 3 N–H and O–H groups in total. The molecule has 0 aromatic carbocycles. The fraction of sp³-hybridized carbons (Fsp3) is 0.238. The van der Waals surface area contributed by atoms with Crippen LogP contribution in [0.25, 0.3) is 11.3 Å². The van der Waals surface area contributed by atoms with E-state index in [2.05, 4.69) is 42.0 Å². The lowest BCUT2D eigenvalue weighted by Gasteiger charge is -2.13. The molecule has 0 radical (unpaired) electrons. The molecule has 10 nitrogen and oxygen atoms in total. The Morgan fingerprint density at radius 1 is 1.23 bits per heavy atom. The molecule has 4 heterocycles. The zero-order chi connectivity index (χ0) is 21.6. The maximum Gasteiger partial charge on any atom is 0.227 e. The topological polar surface area (TPSA) is 138 Å². The molecule has 0 saturated carbocycles. The Labute approximate surface area is 178 Å². The van der Waals surface area contributed by atoms with Crippen molar-refractivity contribution < 1.29 is 9.53 Å². The van der Waals surface area contributed by atoms with Crippen LogP contribution in [0.1, 0.15) is 18.9 Å². The van der Waals surface area contributed by atoms with E-state index in [1.54, 1.807) is 42.9 Å². The molecule has 3 aromatic heterocycles. The summed E-state index contributed by atoms with van der Waals surface area (Å²) >= 11 is 0. The first-order valence-electron chi connectivity index (χ1n) is 9.69. The second kappa shape index (κ2) is 9.15. The van der Waals surface area contributed by atoms with Gasteiger partial charge in [0.1, 0.15) is 17.7 Å². The van der Waals surface area contributed by atoms with Crippen molar-refractivity contribution in [3.05, 3.63) is 48.4 Å². The van der Waals surface area contributed by atoms with Crippen LogP contribution in [0.2, 0.25) is 0 Å². The largest absolute Gasteiger partial charge is 0.379 e. The average Bonchev–Trinajstić information content (AvgIpc) is 3.28. The van der Waals surface area contributed by atoms with Gasteiger partial charge >= 0.3 is 0 Å². The molecule has 0 aliphatic carbocycles. The number of amides is 1. The Morgan fingerprint density at radius 3 is 2.84 bits per heavy atom. The Kier molecular flexibility index (Phi) is 5.96. The minimum Gasteiger partial charge on any atom is -0.379 e. The summed E-state index contributed by atoms with van der Waals surface area (Å²) in [6.45, 7) is 2.74. The van der Waals surface area contributed by atoms with Crippen molar-refractivity contribution in [3.63, 3.8) is 0 Å². The molecule has 1 saturated heterocycles. The highest BCUT2D eigenvalue weighted by Crippen LogP contribution is 2.24. The number of hydrogen-bond acceptors (Lipinski definition) is 9. The molecular weight excluding hydrogens is 396 g/mol. The van der Waals surface area contributed by atoms with Gasteiger partial charge in [-0.3, -0.25) is 4.79 Å². The second-order valence-electron chi connectivity index (χ2n) is 6.94. The summed E-state index contributed by atoms with van der Waals surface area (Å²) in [6, 6.07) is 9.29. The third-order valence-corrected chi connectivity index (χ3v) is 4.55. The van der Waals surface area contributed by atoms with E-state index in [9.17, 15) is 10.1 Å². The molecule has 1 fully saturated rings. The van der Waals surface area contributed by atoms with Crippen molar-refractivity contribution in [1.29, 1.82) is 5.26 Å². The van der Waals surface area contributed by atoms with E-state index in [0.29, 0.717) is 53.3 Å². The smallest absolute Gasteiger partial charge is 0.227 e. The first-order valence-corrected chi connectivity index (χ1v) is 9.69. The summed E-state index contributed by atoms with van der Waals surface area (Å²) in [5.74, 6) is 1.18. The summed E-state index contributed by atoms with van der Waals surface area (Å²) < 4.78 is 5.36. The van der Waals surface area contributed by atoms with Crippen molar-refractivity contribution in [2.45, 2.75) is 19.4 Å². The van der Waals surface area contributed by atoms with Gasteiger partial charge in [0, 0.05) is 31.5 Å². The number of nitrogens with one attached hydrogen (secondary N) is 3. The number of pyridine rings is 2. The molecule has 3 aromatic rings. The number of aromatic nitrogens is 4. The van der Waals surface area contributed by atoms with E-state index < -0.39 is 0 Å². The summed E-state index contributed by atoms with van der Waals surface area (Å²) in [4.78, 5) is 28.4. The van der Waals surface area contributed by atoms with Gasteiger partial charge in [0.15, 0.2) is 0 Å². The van der Waals surface area contributed by atoms with Crippen molar-refractivity contribution in [1.82, 2.24) is 19.9 Å². The molecule has 4 rings (SSSR count). The summed E-state index contributed by atoms with van der Waals surface area (Å²) in [5, 5.41) is 18.5. The molecule has 0 bridgehead atoms. The van der Waals surface area contributed by atoms with Crippen LogP contribution in [0.15, 0.2) is 42.9 Å². The minimum absolute atomic E-state index is 0.158. The van der Waals surface area contributed by atoms with Gasteiger partial charge in [-0.25, -0.2) is 19.9 Å². The summed E-state index contributed by atoms with van der Waals surface area (Å²) in [5.41, 5.74) is 2.44. The number of hydrogen-bond donors (Lipinski definition) is 3. The molecule has 10 heteroatoms. The van der Waals surface area contributed by atoms with E-state index >= 15 is 0 Å². The highest BCUT2D eigenvalue weighted by atomic mass is 16.5. The standard InChI is InChI=1S/C21H20N8O2/c1-13(30)26-19-3-2-16(11-24-19)28-21-23-6-4-18(29-21)15-8-14(9-22)20(25-10-15)27-17-5-7-31-12-17/h2-4,6,8,10-11,17H,5,7,12H2,1H3,(H,25,27)(H,23,28,29)(H,24,26,30)/t17-/m1/s1. The van der Waals surface area contributed by atoms with Gasteiger partial charge in [-0.15, -0.1) is 0 Å². The fourth-order valence-corrected chi connectivity index (χ4v) is 3.08. The third kappa shape index (κ3) is 5.09. The predicted octanol–water partition coefficient (Wildman–Crippen LogP) is 2.71. The molecule has 1 aliphatic heterocycles. The summed E-state index contributed by atoms with van der Waals surface area (Å²) in [7, 11) is 0. The first-order chi connectivity index (χ1) is 15.1. The maximum atomic E-state index is 11.1.